The van der Waals surface area contributed by atoms with Crippen LogP contribution in [-0.4, -0.2) is 23.2 Å². The average Bonchev–Trinajstić information content (AvgIpc) is 2.23. The molecule has 0 aromatic heterocycles. The molecular formula is C15H21NO2. The second-order valence-corrected chi connectivity index (χ2v) is 5.96. The van der Waals surface area contributed by atoms with Gasteiger partial charge in [0.15, 0.2) is 0 Å². The summed E-state index contributed by atoms with van der Waals surface area (Å²) in [6, 6.07) is 6.35. The number of carboxylic acids is 1. The van der Waals surface area contributed by atoms with E-state index in [2.05, 4.69) is 39.0 Å². The fourth-order valence-electron chi connectivity index (χ4n) is 3.03. The van der Waals surface area contributed by atoms with Crippen LogP contribution in [0.3, 0.4) is 0 Å². The van der Waals surface area contributed by atoms with Crippen LogP contribution < -0.4 is 4.90 Å². The Kier molecular flexibility index (Phi) is 3.09. The third-order valence-electron chi connectivity index (χ3n) is 3.84. The molecule has 3 heteroatoms. The Morgan fingerprint density at radius 2 is 2.17 bits per heavy atom. The lowest BCUT2D eigenvalue weighted by Crippen LogP contribution is -2.50. The highest BCUT2D eigenvalue weighted by molar-refractivity contribution is 5.76. The van der Waals surface area contributed by atoms with Gasteiger partial charge in [-0.05, 0) is 50.3 Å². The number of carboxylic acid groups (broad SMARTS) is 1. The summed E-state index contributed by atoms with van der Waals surface area (Å²) in [7, 11) is 0. The summed E-state index contributed by atoms with van der Waals surface area (Å²) >= 11 is 0. The van der Waals surface area contributed by atoms with E-state index in [0.29, 0.717) is 5.92 Å². The standard InChI is InChI=1S/C15H21NO2/c1-10-5-6-12-11(2)8-15(3,4)16(9-14(17)18)13(12)7-10/h5-7,11H,8-9H2,1-4H3,(H,17,18)/t11-/m0/s1. The minimum absolute atomic E-state index is 0.0656. The maximum absolute atomic E-state index is 11.1. The van der Waals surface area contributed by atoms with E-state index in [1.54, 1.807) is 0 Å². The van der Waals surface area contributed by atoms with Gasteiger partial charge in [0, 0.05) is 11.2 Å². The average molecular weight is 247 g/mol. The van der Waals surface area contributed by atoms with Gasteiger partial charge < -0.3 is 10.0 Å². The van der Waals surface area contributed by atoms with E-state index >= 15 is 0 Å². The van der Waals surface area contributed by atoms with E-state index < -0.39 is 5.97 Å². The molecule has 98 valence electrons. The van der Waals surface area contributed by atoms with Crippen molar-refractivity contribution < 1.29 is 9.90 Å². The Morgan fingerprint density at radius 3 is 2.78 bits per heavy atom. The summed E-state index contributed by atoms with van der Waals surface area (Å²) in [5.41, 5.74) is 3.41. The van der Waals surface area contributed by atoms with Crippen molar-refractivity contribution in [1.29, 1.82) is 0 Å². The zero-order valence-corrected chi connectivity index (χ0v) is 11.5. The van der Waals surface area contributed by atoms with Crippen LogP contribution in [-0.2, 0) is 4.79 Å². The van der Waals surface area contributed by atoms with Crippen molar-refractivity contribution in [3.8, 4) is 0 Å². The minimum Gasteiger partial charge on any atom is -0.480 e. The Hall–Kier alpha value is -1.51. The topological polar surface area (TPSA) is 40.5 Å². The lowest BCUT2D eigenvalue weighted by molar-refractivity contribution is -0.135. The monoisotopic (exact) mass is 247 g/mol. The van der Waals surface area contributed by atoms with Crippen molar-refractivity contribution in [3.63, 3.8) is 0 Å². The summed E-state index contributed by atoms with van der Waals surface area (Å²) < 4.78 is 0. The number of aryl methyl sites for hydroxylation is 1. The fourth-order valence-corrected chi connectivity index (χ4v) is 3.03. The number of aliphatic carboxylic acids is 1. The molecule has 0 saturated heterocycles. The van der Waals surface area contributed by atoms with Gasteiger partial charge in [0.25, 0.3) is 0 Å². The number of fused-ring (bicyclic) bond motifs is 1. The summed E-state index contributed by atoms with van der Waals surface area (Å²) in [5, 5.41) is 9.12. The smallest absolute Gasteiger partial charge is 0.323 e. The van der Waals surface area contributed by atoms with Crippen LogP contribution in [0, 0.1) is 6.92 Å². The number of carbonyl (C=O) groups is 1. The number of hydrogen-bond donors (Lipinski definition) is 1. The van der Waals surface area contributed by atoms with Gasteiger partial charge in [-0.2, -0.15) is 0 Å². The van der Waals surface area contributed by atoms with E-state index in [9.17, 15) is 4.79 Å². The van der Waals surface area contributed by atoms with Crippen LogP contribution in [0.2, 0.25) is 0 Å². The first-order chi connectivity index (χ1) is 8.31. The van der Waals surface area contributed by atoms with Gasteiger partial charge in [-0.25, -0.2) is 0 Å². The Labute approximate surface area is 108 Å². The highest BCUT2D eigenvalue weighted by Crippen LogP contribution is 2.43. The second kappa shape index (κ2) is 4.30. The zero-order chi connectivity index (χ0) is 13.5. The van der Waals surface area contributed by atoms with Crippen molar-refractivity contribution in [2.45, 2.75) is 45.6 Å². The highest BCUT2D eigenvalue weighted by atomic mass is 16.4. The first-order valence-electron chi connectivity index (χ1n) is 6.41. The van der Waals surface area contributed by atoms with Gasteiger partial charge in [-0.15, -0.1) is 0 Å². The van der Waals surface area contributed by atoms with Gasteiger partial charge in [0.2, 0.25) is 0 Å². The maximum Gasteiger partial charge on any atom is 0.323 e. The predicted molar refractivity (Wildman–Crippen MR) is 73.3 cm³/mol. The first-order valence-corrected chi connectivity index (χ1v) is 6.41. The molecule has 0 unspecified atom stereocenters. The number of hydrogen-bond acceptors (Lipinski definition) is 2. The van der Waals surface area contributed by atoms with E-state index in [0.717, 1.165) is 12.1 Å². The molecule has 1 atom stereocenters. The normalized spacial score (nSPS) is 21.6. The van der Waals surface area contributed by atoms with Gasteiger partial charge >= 0.3 is 5.97 Å². The van der Waals surface area contributed by atoms with Gasteiger partial charge in [0.05, 0.1) is 0 Å². The molecule has 0 fully saturated rings. The molecule has 1 heterocycles. The quantitative estimate of drug-likeness (QED) is 0.872. The van der Waals surface area contributed by atoms with Gasteiger partial charge in [0.1, 0.15) is 6.54 Å². The minimum atomic E-state index is -0.773. The highest BCUT2D eigenvalue weighted by Gasteiger charge is 2.37. The molecule has 2 rings (SSSR count). The molecule has 0 saturated carbocycles. The molecule has 0 aliphatic carbocycles. The molecule has 1 aliphatic rings. The molecular weight excluding hydrogens is 226 g/mol. The Bertz CT molecular complexity index is 479. The van der Waals surface area contributed by atoms with Crippen molar-refractivity contribution in [2.24, 2.45) is 0 Å². The van der Waals surface area contributed by atoms with E-state index in [1.807, 2.05) is 11.8 Å². The Morgan fingerprint density at radius 1 is 1.50 bits per heavy atom. The summed E-state index contributed by atoms with van der Waals surface area (Å²) in [6.07, 6.45) is 0.982. The molecule has 3 nitrogen and oxygen atoms in total. The predicted octanol–water partition coefficient (Wildman–Crippen LogP) is 3.17. The maximum atomic E-state index is 11.1. The van der Waals surface area contributed by atoms with E-state index in [4.69, 9.17) is 5.11 Å². The molecule has 1 aliphatic heterocycles. The molecule has 0 spiro atoms. The number of anilines is 1. The molecule has 1 aromatic carbocycles. The molecule has 18 heavy (non-hydrogen) atoms. The van der Waals surface area contributed by atoms with E-state index in [-0.39, 0.29) is 12.1 Å². The fraction of sp³-hybridized carbons (Fsp3) is 0.533. The first kappa shape index (κ1) is 12.9. The van der Waals surface area contributed by atoms with E-state index in [1.165, 1.54) is 11.1 Å². The summed E-state index contributed by atoms with van der Waals surface area (Å²) in [5.74, 6) is -0.300. The van der Waals surface area contributed by atoms with Crippen LogP contribution in [0.5, 0.6) is 0 Å². The summed E-state index contributed by atoms with van der Waals surface area (Å²) in [6.45, 7) is 8.57. The number of benzene rings is 1. The van der Waals surface area contributed by atoms with Gasteiger partial charge in [-0.3, -0.25) is 4.79 Å². The SMILES string of the molecule is Cc1ccc2c(c1)N(CC(=O)O)C(C)(C)C[C@@H]2C. The molecule has 1 aromatic rings. The molecule has 0 radical (unpaired) electrons. The third-order valence-corrected chi connectivity index (χ3v) is 3.84. The van der Waals surface area contributed by atoms with Crippen molar-refractivity contribution >= 4 is 11.7 Å². The van der Waals surface area contributed by atoms with Crippen LogP contribution in [0.1, 0.15) is 44.2 Å². The van der Waals surface area contributed by atoms with Crippen LogP contribution in [0.4, 0.5) is 5.69 Å². The lowest BCUT2D eigenvalue weighted by Gasteiger charge is -2.46. The van der Waals surface area contributed by atoms with Crippen molar-refractivity contribution in [3.05, 3.63) is 29.3 Å². The lowest BCUT2D eigenvalue weighted by atomic mass is 9.80. The van der Waals surface area contributed by atoms with Crippen molar-refractivity contribution in [2.75, 3.05) is 11.4 Å². The number of rotatable bonds is 2. The van der Waals surface area contributed by atoms with Crippen molar-refractivity contribution in [1.82, 2.24) is 0 Å². The van der Waals surface area contributed by atoms with Crippen LogP contribution in [0.25, 0.3) is 0 Å². The Balaban J connectivity index is 2.52. The molecule has 0 amide bonds. The van der Waals surface area contributed by atoms with Gasteiger partial charge in [-0.1, -0.05) is 19.1 Å². The van der Waals surface area contributed by atoms with Crippen LogP contribution in [0.15, 0.2) is 18.2 Å². The molecule has 0 bridgehead atoms. The van der Waals surface area contributed by atoms with Crippen LogP contribution >= 0.6 is 0 Å². The summed E-state index contributed by atoms with van der Waals surface area (Å²) in [4.78, 5) is 13.1. The number of nitrogens with zero attached hydrogens (tertiary/aromatic N) is 1. The third kappa shape index (κ3) is 2.22. The molecule has 1 N–H and O–H groups in total. The largest absolute Gasteiger partial charge is 0.480 e. The zero-order valence-electron chi connectivity index (χ0n) is 11.5. The second-order valence-electron chi connectivity index (χ2n) is 5.96.